The number of benzene rings is 1. The molecular weight excluding hydrogens is 283 g/mol. The highest BCUT2D eigenvalue weighted by Crippen LogP contribution is 2.33. The highest BCUT2D eigenvalue weighted by molar-refractivity contribution is 8.00. The number of thioether (sulfide) groups is 1. The van der Waals surface area contributed by atoms with E-state index in [1.807, 2.05) is 18.2 Å². The molecule has 0 spiro atoms. The zero-order valence-corrected chi connectivity index (χ0v) is 11.5. The average molecular weight is 298 g/mol. The van der Waals surface area contributed by atoms with Crippen LogP contribution in [0, 0.1) is 0 Å². The third kappa shape index (κ3) is 5.98. The first-order valence-corrected chi connectivity index (χ1v) is 6.89. The lowest BCUT2D eigenvalue weighted by atomic mass is 9.96. The Morgan fingerprint density at radius 2 is 2.11 bits per heavy atom. The molecule has 1 aromatic carbocycles. The Labute approximate surface area is 114 Å². The smallest absolute Gasteiger partial charge is 0.319 e. The lowest BCUT2D eigenvalue weighted by Crippen LogP contribution is -2.18. The summed E-state index contributed by atoms with van der Waals surface area (Å²) in [4.78, 5) is 0. The van der Waals surface area contributed by atoms with Gasteiger partial charge in [-0.2, -0.15) is 13.2 Å². The maximum atomic E-state index is 12.1. The first kappa shape index (κ1) is 15.7. The summed E-state index contributed by atoms with van der Waals surface area (Å²) in [6.45, 7) is 0.638. The summed E-state index contributed by atoms with van der Waals surface area (Å²) in [6, 6.07) is 7.27. The van der Waals surface area contributed by atoms with E-state index in [1.165, 1.54) is 0 Å². The van der Waals surface area contributed by atoms with Crippen LogP contribution in [0.2, 0.25) is 5.02 Å². The minimum absolute atomic E-state index is 0.0259. The fourth-order valence-electron chi connectivity index (χ4n) is 1.71. The van der Waals surface area contributed by atoms with E-state index >= 15 is 0 Å². The molecule has 18 heavy (non-hydrogen) atoms. The minimum atomic E-state index is -4.15. The largest absolute Gasteiger partial charge is 0.441 e. The van der Waals surface area contributed by atoms with Crippen LogP contribution in [0.15, 0.2) is 24.3 Å². The lowest BCUT2D eigenvalue weighted by molar-refractivity contribution is -0.0328. The molecule has 1 N–H and O–H groups in total. The van der Waals surface area contributed by atoms with Gasteiger partial charge in [-0.05, 0) is 37.1 Å². The second kappa shape index (κ2) is 7.26. The summed E-state index contributed by atoms with van der Waals surface area (Å²) >= 11 is 5.92. The Bertz CT molecular complexity index is 371. The van der Waals surface area contributed by atoms with Gasteiger partial charge in [-0.3, -0.25) is 0 Å². The van der Waals surface area contributed by atoms with E-state index in [2.05, 4.69) is 5.32 Å². The molecule has 0 aromatic heterocycles. The SMILES string of the molecule is CNCC(CCSC(F)(F)F)c1cccc(Cl)c1. The van der Waals surface area contributed by atoms with Crippen LogP contribution in [0.25, 0.3) is 0 Å². The number of rotatable bonds is 6. The first-order valence-electron chi connectivity index (χ1n) is 5.53. The molecule has 1 nitrogen and oxygen atoms in total. The molecule has 0 aliphatic carbocycles. The first-order chi connectivity index (χ1) is 8.42. The summed E-state index contributed by atoms with van der Waals surface area (Å²) < 4.78 is 36.3. The topological polar surface area (TPSA) is 12.0 Å². The zero-order chi connectivity index (χ0) is 13.6. The fourth-order valence-corrected chi connectivity index (χ4v) is 2.54. The summed E-state index contributed by atoms with van der Waals surface area (Å²) in [5.41, 5.74) is -3.18. The average Bonchev–Trinajstić information content (AvgIpc) is 2.26. The molecule has 0 bridgehead atoms. The van der Waals surface area contributed by atoms with Crippen LogP contribution in [0.1, 0.15) is 17.9 Å². The molecule has 1 atom stereocenters. The van der Waals surface area contributed by atoms with Gasteiger partial charge in [0.05, 0.1) is 0 Å². The van der Waals surface area contributed by atoms with Crippen molar-refractivity contribution in [3.05, 3.63) is 34.9 Å². The van der Waals surface area contributed by atoms with Crippen molar-refractivity contribution in [3.63, 3.8) is 0 Å². The van der Waals surface area contributed by atoms with Crippen LogP contribution in [-0.2, 0) is 0 Å². The predicted molar refractivity (Wildman–Crippen MR) is 71.2 cm³/mol. The third-order valence-corrected chi connectivity index (χ3v) is 3.50. The van der Waals surface area contributed by atoms with E-state index < -0.39 is 5.51 Å². The van der Waals surface area contributed by atoms with Gasteiger partial charge in [-0.1, -0.05) is 35.5 Å². The molecule has 0 heterocycles. The van der Waals surface area contributed by atoms with Gasteiger partial charge in [0.2, 0.25) is 0 Å². The maximum absolute atomic E-state index is 12.1. The highest BCUT2D eigenvalue weighted by Gasteiger charge is 2.28. The molecule has 0 amide bonds. The quantitative estimate of drug-likeness (QED) is 0.841. The van der Waals surface area contributed by atoms with Crippen LogP contribution < -0.4 is 5.32 Å². The molecule has 1 rings (SSSR count). The molecule has 1 aromatic rings. The third-order valence-electron chi connectivity index (χ3n) is 2.50. The summed E-state index contributed by atoms with van der Waals surface area (Å²) in [5, 5.41) is 3.61. The van der Waals surface area contributed by atoms with Crippen molar-refractivity contribution in [1.82, 2.24) is 5.32 Å². The molecular formula is C12H15ClF3NS. The number of likely N-dealkylation sites (N-methyl/N-ethyl adjacent to an activating group) is 1. The van der Waals surface area contributed by atoms with E-state index in [1.54, 1.807) is 13.1 Å². The van der Waals surface area contributed by atoms with E-state index in [9.17, 15) is 13.2 Å². The van der Waals surface area contributed by atoms with Gasteiger partial charge in [-0.15, -0.1) is 0 Å². The van der Waals surface area contributed by atoms with Gasteiger partial charge in [0.25, 0.3) is 0 Å². The molecule has 0 saturated carbocycles. The van der Waals surface area contributed by atoms with Gasteiger partial charge in [0.1, 0.15) is 0 Å². The van der Waals surface area contributed by atoms with Crippen molar-refractivity contribution in [1.29, 1.82) is 0 Å². The second-order valence-electron chi connectivity index (χ2n) is 3.89. The molecule has 0 radical (unpaired) electrons. The lowest BCUT2D eigenvalue weighted by Gasteiger charge is -2.17. The number of alkyl halides is 3. The molecule has 0 fully saturated rings. The molecule has 102 valence electrons. The maximum Gasteiger partial charge on any atom is 0.441 e. The van der Waals surface area contributed by atoms with Crippen molar-refractivity contribution < 1.29 is 13.2 Å². The molecule has 0 aliphatic heterocycles. The van der Waals surface area contributed by atoms with E-state index in [0.717, 1.165) is 5.56 Å². The summed E-state index contributed by atoms with van der Waals surface area (Å²) in [5.74, 6) is 0.103. The number of hydrogen-bond acceptors (Lipinski definition) is 2. The van der Waals surface area contributed by atoms with Crippen LogP contribution in [0.3, 0.4) is 0 Å². The zero-order valence-electron chi connectivity index (χ0n) is 9.93. The molecule has 1 unspecified atom stereocenters. The van der Waals surface area contributed by atoms with Crippen LogP contribution in [0.4, 0.5) is 13.2 Å². The Balaban J connectivity index is 2.60. The van der Waals surface area contributed by atoms with Crippen molar-refractivity contribution in [2.75, 3.05) is 19.3 Å². The van der Waals surface area contributed by atoms with Gasteiger partial charge in [0.15, 0.2) is 0 Å². The van der Waals surface area contributed by atoms with Gasteiger partial charge in [0, 0.05) is 17.3 Å². The van der Waals surface area contributed by atoms with Crippen molar-refractivity contribution in [2.24, 2.45) is 0 Å². The summed E-state index contributed by atoms with van der Waals surface area (Å²) in [6.07, 6.45) is 0.464. The Morgan fingerprint density at radius 1 is 1.39 bits per heavy atom. The molecule has 0 saturated heterocycles. The standard InChI is InChI=1S/C12H15ClF3NS/c1-17-8-10(5-6-18-12(14,15)16)9-3-2-4-11(13)7-9/h2-4,7,10,17H,5-6,8H2,1H3. The minimum Gasteiger partial charge on any atom is -0.319 e. The van der Waals surface area contributed by atoms with Crippen molar-refractivity contribution in [3.8, 4) is 0 Å². The Morgan fingerprint density at radius 3 is 2.67 bits per heavy atom. The van der Waals surface area contributed by atoms with Gasteiger partial charge >= 0.3 is 5.51 Å². The predicted octanol–water partition coefficient (Wildman–Crippen LogP) is 4.29. The van der Waals surface area contributed by atoms with E-state index in [0.29, 0.717) is 18.0 Å². The normalized spacial score (nSPS) is 13.6. The van der Waals surface area contributed by atoms with E-state index in [-0.39, 0.29) is 23.4 Å². The monoisotopic (exact) mass is 297 g/mol. The second-order valence-corrected chi connectivity index (χ2v) is 5.49. The van der Waals surface area contributed by atoms with Gasteiger partial charge < -0.3 is 5.32 Å². The van der Waals surface area contributed by atoms with Gasteiger partial charge in [-0.25, -0.2) is 0 Å². The van der Waals surface area contributed by atoms with Crippen LogP contribution in [-0.4, -0.2) is 24.9 Å². The van der Waals surface area contributed by atoms with Crippen molar-refractivity contribution in [2.45, 2.75) is 17.8 Å². The number of nitrogens with one attached hydrogen (secondary N) is 1. The summed E-state index contributed by atoms with van der Waals surface area (Å²) in [7, 11) is 1.79. The molecule has 0 aliphatic rings. The number of halogens is 4. The number of hydrogen-bond donors (Lipinski definition) is 1. The van der Waals surface area contributed by atoms with Crippen molar-refractivity contribution >= 4 is 23.4 Å². The van der Waals surface area contributed by atoms with Crippen LogP contribution >= 0.6 is 23.4 Å². The fraction of sp³-hybridized carbons (Fsp3) is 0.500. The van der Waals surface area contributed by atoms with Crippen LogP contribution in [0.5, 0.6) is 0 Å². The Kier molecular flexibility index (Phi) is 6.32. The highest BCUT2D eigenvalue weighted by atomic mass is 35.5. The molecule has 6 heteroatoms. The Hall–Kier alpha value is -0.390. The van der Waals surface area contributed by atoms with E-state index in [4.69, 9.17) is 11.6 Å².